The minimum atomic E-state index is 0.575. The summed E-state index contributed by atoms with van der Waals surface area (Å²) in [6.07, 6.45) is 24.0. The van der Waals surface area contributed by atoms with Crippen LogP contribution in [-0.4, -0.2) is 4.57 Å². The lowest BCUT2D eigenvalue weighted by Crippen LogP contribution is -2.37. The third-order valence-electron chi connectivity index (χ3n) is 5.35. The van der Waals surface area contributed by atoms with E-state index >= 15 is 0 Å². The molecule has 0 bridgehead atoms. The van der Waals surface area contributed by atoms with Crippen LogP contribution < -0.4 is 4.57 Å². The van der Waals surface area contributed by atoms with Crippen LogP contribution in [0.2, 0.25) is 0 Å². The molecule has 0 saturated heterocycles. The Morgan fingerprint density at radius 3 is 1.84 bits per heavy atom. The summed E-state index contributed by atoms with van der Waals surface area (Å²) >= 11 is 0. The van der Waals surface area contributed by atoms with E-state index in [1.807, 2.05) is 0 Å². The molecule has 2 heteroatoms. The van der Waals surface area contributed by atoms with Crippen molar-refractivity contribution in [3.63, 3.8) is 0 Å². The molecule has 25 heavy (non-hydrogen) atoms. The lowest BCUT2D eigenvalue weighted by molar-refractivity contribution is -0.704. The van der Waals surface area contributed by atoms with E-state index in [9.17, 15) is 0 Å². The molecule has 146 valence electrons. The first-order valence-corrected chi connectivity index (χ1v) is 11.3. The van der Waals surface area contributed by atoms with Crippen LogP contribution >= 0.6 is 0 Å². The van der Waals surface area contributed by atoms with Crippen molar-refractivity contribution >= 4 is 0 Å². The van der Waals surface area contributed by atoms with Crippen LogP contribution in [0.5, 0.6) is 0 Å². The molecule has 0 atom stereocenters. The van der Waals surface area contributed by atoms with Crippen molar-refractivity contribution in [3.8, 4) is 0 Å². The van der Waals surface area contributed by atoms with Gasteiger partial charge in [0.25, 0.3) is 5.82 Å². The average Bonchev–Trinajstić information content (AvgIpc) is 3.00. The first kappa shape index (κ1) is 22.3. The van der Waals surface area contributed by atoms with E-state index in [0.29, 0.717) is 6.04 Å². The molecule has 2 nitrogen and oxygen atoms in total. The number of rotatable bonds is 16. The Bertz CT molecular complexity index is 420. The van der Waals surface area contributed by atoms with Crippen LogP contribution in [0.15, 0.2) is 12.4 Å². The van der Waals surface area contributed by atoms with E-state index < -0.39 is 0 Å². The number of imidazole rings is 1. The SMILES string of the molecule is CCCCCCCCCCCCc1n(C(C)C)cc[n+]1CCCCC. The summed E-state index contributed by atoms with van der Waals surface area (Å²) in [4.78, 5) is 0. The maximum atomic E-state index is 2.52. The fourth-order valence-corrected chi connectivity index (χ4v) is 3.72. The standard InChI is InChI=1S/C23H45N2/c1-5-7-9-10-11-12-13-14-15-16-18-23-24(19-17-8-6-2)20-21-25(23)22(3)4/h20-22H,5-19H2,1-4H3/q+1. The molecule has 0 radical (unpaired) electrons. The van der Waals surface area contributed by atoms with Gasteiger partial charge in [0, 0.05) is 6.42 Å². The third-order valence-corrected chi connectivity index (χ3v) is 5.35. The van der Waals surface area contributed by atoms with Gasteiger partial charge in [0.1, 0.15) is 12.4 Å². The highest BCUT2D eigenvalue weighted by atomic mass is 15.2. The number of aryl methyl sites for hydroxylation is 1. The smallest absolute Gasteiger partial charge is 0.234 e. The summed E-state index contributed by atoms with van der Waals surface area (Å²) in [5.74, 6) is 1.55. The molecule has 1 rings (SSSR count). The molecule has 0 fully saturated rings. The largest absolute Gasteiger partial charge is 0.256 e. The van der Waals surface area contributed by atoms with Crippen molar-refractivity contribution in [1.82, 2.24) is 4.57 Å². The molecule has 0 unspecified atom stereocenters. The van der Waals surface area contributed by atoms with E-state index in [1.54, 1.807) is 5.82 Å². The number of hydrogen-bond acceptors (Lipinski definition) is 0. The van der Waals surface area contributed by atoms with E-state index in [-0.39, 0.29) is 0 Å². The highest BCUT2D eigenvalue weighted by molar-refractivity contribution is 4.86. The molecule has 0 spiro atoms. The molecule has 0 amide bonds. The molecule has 0 N–H and O–H groups in total. The van der Waals surface area contributed by atoms with Gasteiger partial charge in [-0.3, -0.25) is 0 Å². The summed E-state index contributed by atoms with van der Waals surface area (Å²) in [6.45, 7) is 10.4. The zero-order valence-corrected chi connectivity index (χ0v) is 17.7. The maximum absolute atomic E-state index is 2.52. The van der Waals surface area contributed by atoms with Gasteiger partial charge in [-0.15, -0.1) is 0 Å². The molecule has 0 aliphatic rings. The van der Waals surface area contributed by atoms with Gasteiger partial charge in [-0.05, 0) is 33.1 Å². The summed E-state index contributed by atoms with van der Waals surface area (Å²) < 4.78 is 5.00. The molecule has 0 aliphatic heterocycles. The van der Waals surface area contributed by atoms with Crippen molar-refractivity contribution in [2.75, 3.05) is 0 Å². The predicted octanol–water partition coefficient (Wildman–Crippen LogP) is 7.01. The van der Waals surface area contributed by atoms with E-state index in [2.05, 4.69) is 49.2 Å². The minimum Gasteiger partial charge on any atom is -0.234 e. The average molecular weight is 350 g/mol. The Kier molecular flexibility index (Phi) is 12.8. The van der Waals surface area contributed by atoms with Crippen molar-refractivity contribution in [2.24, 2.45) is 0 Å². The van der Waals surface area contributed by atoms with Gasteiger partial charge < -0.3 is 0 Å². The summed E-state index contributed by atoms with van der Waals surface area (Å²) in [5, 5.41) is 0. The van der Waals surface area contributed by atoms with E-state index in [0.717, 1.165) is 0 Å². The normalized spacial score (nSPS) is 11.6. The first-order valence-electron chi connectivity index (χ1n) is 11.3. The Balaban J connectivity index is 2.25. The van der Waals surface area contributed by atoms with Crippen molar-refractivity contribution in [2.45, 2.75) is 130 Å². The fraction of sp³-hybridized carbons (Fsp3) is 0.870. The zero-order valence-electron chi connectivity index (χ0n) is 17.7. The lowest BCUT2D eigenvalue weighted by atomic mass is 10.1. The number of hydrogen-bond donors (Lipinski definition) is 0. The van der Waals surface area contributed by atoms with Crippen LogP contribution in [0, 0.1) is 0 Å². The van der Waals surface area contributed by atoms with Gasteiger partial charge in [0.2, 0.25) is 0 Å². The molecule has 1 aromatic rings. The number of nitrogens with zero attached hydrogens (tertiary/aromatic N) is 2. The van der Waals surface area contributed by atoms with Gasteiger partial charge in [-0.1, -0.05) is 78.1 Å². The van der Waals surface area contributed by atoms with Crippen LogP contribution in [-0.2, 0) is 13.0 Å². The van der Waals surface area contributed by atoms with Crippen LogP contribution in [0.3, 0.4) is 0 Å². The van der Waals surface area contributed by atoms with Gasteiger partial charge in [0.15, 0.2) is 0 Å². The molecular formula is C23H45N2+. The Labute approximate surface area is 158 Å². The highest BCUT2D eigenvalue weighted by Crippen LogP contribution is 2.14. The van der Waals surface area contributed by atoms with Gasteiger partial charge in [-0.2, -0.15) is 0 Å². The predicted molar refractivity (Wildman–Crippen MR) is 110 cm³/mol. The quantitative estimate of drug-likeness (QED) is 0.224. The monoisotopic (exact) mass is 349 g/mol. The third kappa shape index (κ3) is 9.47. The summed E-state index contributed by atoms with van der Waals surface area (Å²) in [7, 11) is 0. The first-order chi connectivity index (χ1) is 12.2. The van der Waals surface area contributed by atoms with Crippen LogP contribution in [0.1, 0.15) is 123 Å². The maximum Gasteiger partial charge on any atom is 0.256 e. The number of unbranched alkanes of at least 4 members (excludes halogenated alkanes) is 11. The minimum absolute atomic E-state index is 0.575. The van der Waals surface area contributed by atoms with E-state index in [4.69, 9.17) is 0 Å². The number of aromatic nitrogens is 2. The van der Waals surface area contributed by atoms with Crippen LogP contribution in [0.25, 0.3) is 0 Å². The molecule has 0 aromatic carbocycles. The lowest BCUT2D eigenvalue weighted by Gasteiger charge is -2.08. The fourth-order valence-electron chi connectivity index (χ4n) is 3.72. The van der Waals surface area contributed by atoms with E-state index in [1.165, 1.54) is 96.4 Å². The van der Waals surface area contributed by atoms with Gasteiger partial charge in [-0.25, -0.2) is 9.13 Å². The molecule has 1 aromatic heterocycles. The molecule has 1 heterocycles. The summed E-state index contributed by atoms with van der Waals surface area (Å²) in [5.41, 5.74) is 0. The molecule has 0 saturated carbocycles. The van der Waals surface area contributed by atoms with Crippen molar-refractivity contribution < 1.29 is 4.57 Å². The van der Waals surface area contributed by atoms with Gasteiger partial charge in [0.05, 0.1) is 12.6 Å². The van der Waals surface area contributed by atoms with Crippen LogP contribution in [0.4, 0.5) is 0 Å². The second-order valence-electron chi connectivity index (χ2n) is 8.05. The second kappa shape index (κ2) is 14.4. The Morgan fingerprint density at radius 1 is 0.760 bits per heavy atom. The second-order valence-corrected chi connectivity index (χ2v) is 8.05. The topological polar surface area (TPSA) is 8.81 Å². The molecular weight excluding hydrogens is 304 g/mol. The van der Waals surface area contributed by atoms with Gasteiger partial charge >= 0.3 is 0 Å². The Hall–Kier alpha value is -0.790. The zero-order chi connectivity index (χ0) is 18.3. The molecule has 0 aliphatic carbocycles. The van der Waals surface area contributed by atoms with Crippen molar-refractivity contribution in [1.29, 1.82) is 0 Å². The van der Waals surface area contributed by atoms with Crippen molar-refractivity contribution in [3.05, 3.63) is 18.2 Å². The summed E-state index contributed by atoms with van der Waals surface area (Å²) in [6, 6.07) is 0.575. The Morgan fingerprint density at radius 2 is 1.28 bits per heavy atom. The highest BCUT2D eigenvalue weighted by Gasteiger charge is 2.18.